The maximum absolute atomic E-state index is 5.93. The SMILES string of the molecule is NCC1(c2cc(Cl)cs2)CCCC1. The van der Waals surface area contributed by atoms with Gasteiger partial charge in [0.05, 0.1) is 5.02 Å². The minimum Gasteiger partial charge on any atom is -0.330 e. The van der Waals surface area contributed by atoms with Crippen LogP contribution in [0, 0.1) is 0 Å². The van der Waals surface area contributed by atoms with Crippen molar-refractivity contribution in [2.24, 2.45) is 5.73 Å². The summed E-state index contributed by atoms with van der Waals surface area (Å²) in [7, 11) is 0. The fourth-order valence-electron chi connectivity index (χ4n) is 2.19. The summed E-state index contributed by atoms with van der Waals surface area (Å²) in [5.41, 5.74) is 6.14. The summed E-state index contributed by atoms with van der Waals surface area (Å²) in [6, 6.07) is 2.09. The molecule has 0 radical (unpaired) electrons. The largest absolute Gasteiger partial charge is 0.330 e. The van der Waals surface area contributed by atoms with E-state index >= 15 is 0 Å². The molecular weight excluding hydrogens is 202 g/mol. The quantitative estimate of drug-likeness (QED) is 0.806. The second-order valence-electron chi connectivity index (χ2n) is 3.82. The first-order valence-electron chi connectivity index (χ1n) is 4.71. The van der Waals surface area contributed by atoms with Crippen LogP contribution in [0.15, 0.2) is 11.4 Å². The Morgan fingerprint density at radius 2 is 2.15 bits per heavy atom. The van der Waals surface area contributed by atoms with Crippen LogP contribution in [-0.4, -0.2) is 6.54 Å². The molecule has 13 heavy (non-hydrogen) atoms. The van der Waals surface area contributed by atoms with Gasteiger partial charge in [-0.25, -0.2) is 0 Å². The molecule has 0 saturated heterocycles. The maximum Gasteiger partial charge on any atom is 0.0516 e. The summed E-state index contributed by atoms with van der Waals surface area (Å²) in [5.74, 6) is 0. The van der Waals surface area contributed by atoms with E-state index < -0.39 is 0 Å². The predicted molar refractivity (Wildman–Crippen MR) is 58.5 cm³/mol. The number of nitrogens with two attached hydrogens (primary N) is 1. The lowest BCUT2D eigenvalue weighted by Crippen LogP contribution is -2.30. The summed E-state index contributed by atoms with van der Waals surface area (Å²) in [5, 5.41) is 2.87. The summed E-state index contributed by atoms with van der Waals surface area (Å²) < 4.78 is 0. The normalized spacial score (nSPS) is 20.8. The lowest BCUT2D eigenvalue weighted by molar-refractivity contribution is 0.462. The fourth-order valence-corrected chi connectivity index (χ4v) is 3.54. The molecule has 1 nitrogen and oxygen atoms in total. The molecular formula is C10H14ClNS. The van der Waals surface area contributed by atoms with Crippen LogP contribution >= 0.6 is 22.9 Å². The molecule has 0 unspecified atom stereocenters. The van der Waals surface area contributed by atoms with Crippen molar-refractivity contribution in [1.29, 1.82) is 0 Å². The number of thiophene rings is 1. The minimum atomic E-state index is 0.262. The van der Waals surface area contributed by atoms with Gasteiger partial charge in [-0.15, -0.1) is 11.3 Å². The Labute approximate surface area is 87.9 Å². The number of rotatable bonds is 2. The molecule has 1 heterocycles. The molecule has 72 valence electrons. The van der Waals surface area contributed by atoms with Crippen LogP contribution < -0.4 is 5.73 Å². The molecule has 3 heteroatoms. The number of hydrogen-bond donors (Lipinski definition) is 1. The van der Waals surface area contributed by atoms with Crippen molar-refractivity contribution in [2.75, 3.05) is 6.54 Å². The lowest BCUT2D eigenvalue weighted by Gasteiger charge is -2.25. The topological polar surface area (TPSA) is 26.0 Å². The van der Waals surface area contributed by atoms with E-state index in [2.05, 4.69) is 6.07 Å². The van der Waals surface area contributed by atoms with E-state index in [9.17, 15) is 0 Å². The summed E-state index contributed by atoms with van der Waals surface area (Å²) in [6.45, 7) is 0.768. The molecule has 0 aromatic carbocycles. The van der Waals surface area contributed by atoms with Crippen LogP contribution in [0.2, 0.25) is 5.02 Å². The third-order valence-corrected chi connectivity index (χ3v) is 4.57. The van der Waals surface area contributed by atoms with Crippen LogP contribution in [-0.2, 0) is 5.41 Å². The molecule has 1 aromatic heterocycles. The van der Waals surface area contributed by atoms with Crippen molar-refractivity contribution in [3.63, 3.8) is 0 Å². The molecule has 1 fully saturated rings. The predicted octanol–water partition coefficient (Wildman–Crippen LogP) is 3.17. The van der Waals surface area contributed by atoms with Crippen LogP contribution in [0.5, 0.6) is 0 Å². The van der Waals surface area contributed by atoms with Gasteiger partial charge in [-0.2, -0.15) is 0 Å². The summed E-state index contributed by atoms with van der Waals surface area (Å²) in [4.78, 5) is 1.39. The van der Waals surface area contributed by atoms with E-state index in [-0.39, 0.29) is 5.41 Å². The van der Waals surface area contributed by atoms with Gasteiger partial charge in [-0.05, 0) is 18.9 Å². The molecule has 0 aliphatic heterocycles. The summed E-state index contributed by atoms with van der Waals surface area (Å²) >= 11 is 7.69. The number of hydrogen-bond acceptors (Lipinski definition) is 2. The van der Waals surface area contributed by atoms with Crippen molar-refractivity contribution >= 4 is 22.9 Å². The third kappa shape index (κ3) is 1.63. The highest BCUT2D eigenvalue weighted by molar-refractivity contribution is 7.10. The van der Waals surface area contributed by atoms with Crippen molar-refractivity contribution < 1.29 is 0 Å². The van der Waals surface area contributed by atoms with Crippen LogP contribution in [0.4, 0.5) is 0 Å². The highest BCUT2D eigenvalue weighted by Gasteiger charge is 2.35. The van der Waals surface area contributed by atoms with E-state index in [1.807, 2.05) is 5.38 Å². The van der Waals surface area contributed by atoms with E-state index in [1.54, 1.807) is 11.3 Å². The van der Waals surface area contributed by atoms with Crippen LogP contribution in [0.1, 0.15) is 30.6 Å². The average Bonchev–Trinajstić information content (AvgIpc) is 2.73. The maximum atomic E-state index is 5.93. The van der Waals surface area contributed by atoms with E-state index in [0.717, 1.165) is 11.6 Å². The zero-order valence-electron chi connectivity index (χ0n) is 7.55. The molecule has 0 amide bonds. The van der Waals surface area contributed by atoms with Crippen molar-refractivity contribution in [1.82, 2.24) is 0 Å². The van der Waals surface area contributed by atoms with Gasteiger partial charge < -0.3 is 5.73 Å². The first-order valence-corrected chi connectivity index (χ1v) is 5.97. The molecule has 1 aliphatic carbocycles. The van der Waals surface area contributed by atoms with Gasteiger partial charge in [-0.1, -0.05) is 24.4 Å². The van der Waals surface area contributed by atoms with Gasteiger partial charge in [0, 0.05) is 22.2 Å². The van der Waals surface area contributed by atoms with E-state index in [4.69, 9.17) is 17.3 Å². The van der Waals surface area contributed by atoms with Gasteiger partial charge >= 0.3 is 0 Å². The highest BCUT2D eigenvalue weighted by Crippen LogP contribution is 2.43. The Hall–Kier alpha value is -0.0500. The Morgan fingerprint density at radius 1 is 1.46 bits per heavy atom. The first-order chi connectivity index (χ1) is 6.27. The highest BCUT2D eigenvalue weighted by atomic mass is 35.5. The van der Waals surface area contributed by atoms with E-state index in [1.165, 1.54) is 30.6 Å². The molecule has 1 saturated carbocycles. The lowest BCUT2D eigenvalue weighted by atomic mass is 9.85. The zero-order chi connectivity index (χ0) is 9.31. The van der Waals surface area contributed by atoms with Crippen LogP contribution in [0.3, 0.4) is 0 Å². The van der Waals surface area contributed by atoms with Gasteiger partial charge in [0.2, 0.25) is 0 Å². The second-order valence-corrected chi connectivity index (χ2v) is 5.17. The van der Waals surface area contributed by atoms with E-state index in [0.29, 0.717) is 0 Å². The molecule has 2 N–H and O–H groups in total. The molecule has 1 aliphatic rings. The Balaban J connectivity index is 2.30. The first kappa shape index (κ1) is 9.50. The monoisotopic (exact) mass is 215 g/mol. The average molecular weight is 216 g/mol. The van der Waals surface area contributed by atoms with Crippen molar-refractivity contribution in [3.05, 3.63) is 21.3 Å². The molecule has 0 spiro atoms. The van der Waals surface area contributed by atoms with Gasteiger partial charge in [0.25, 0.3) is 0 Å². The minimum absolute atomic E-state index is 0.262. The number of halogens is 1. The van der Waals surface area contributed by atoms with Gasteiger partial charge in [0.1, 0.15) is 0 Å². The molecule has 1 aromatic rings. The van der Waals surface area contributed by atoms with Crippen molar-refractivity contribution in [2.45, 2.75) is 31.1 Å². The zero-order valence-corrected chi connectivity index (χ0v) is 9.13. The van der Waals surface area contributed by atoms with Gasteiger partial charge in [-0.3, -0.25) is 0 Å². The fraction of sp³-hybridized carbons (Fsp3) is 0.600. The van der Waals surface area contributed by atoms with Crippen LogP contribution in [0.25, 0.3) is 0 Å². The molecule has 0 bridgehead atoms. The standard InChI is InChI=1S/C10H14ClNS/c11-8-5-9(13-6-8)10(7-12)3-1-2-4-10/h5-6H,1-4,7,12H2. The van der Waals surface area contributed by atoms with Crippen molar-refractivity contribution in [3.8, 4) is 0 Å². The molecule has 0 atom stereocenters. The van der Waals surface area contributed by atoms with Gasteiger partial charge in [0.15, 0.2) is 0 Å². The second kappa shape index (κ2) is 3.60. The Kier molecular flexibility index (Phi) is 2.63. The molecule has 2 rings (SSSR count). The Bertz CT molecular complexity index is 289. The Morgan fingerprint density at radius 3 is 2.62 bits per heavy atom. The smallest absolute Gasteiger partial charge is 0.0516 e. The third-order valence-electron chi connectivity index (χ3n) is 3.04. The summed E-state index contributed by atoms with van der Waals surface area (Å²) in [6.07, 6.45) is 5.10.